The van der Waals surface area contributed by atoms with Crippen molar-refractivity contribution < 1.29 is 50.2 Å². The number of sulfonamides is 1. The molecule has 3 aliphatic heterocycles. The van der Waals surface area contributed by atoms with E-state index >= 15 is 4.79 Å². The summed E-state index contributed by atoms with van der Waals surface area (Å²) in [4.78, 5) is 64.3. The number of aromatic nitrogens is 1. The molecule has 2 aliphatic carbocycles. The summed E-state index contributed by atoms with van der Waals surface area (Å²) in [5.41, 5.74) is -1.62. The van der Waals surface area contributed by atoms with Crippen LogP contribution >= 0.6 is 0 Å². The first kappa shape index (κ1) is 42.5. The van der Waals surface area contributed by atoms with Gasteiger partial charge in [-0.15, -0.1) is 0 Å². The number of hydrogen-bond acceptors (Lipinski definition) is 9. The average Bonchev–Trinajstić information content (AvgIpc) is 4.07. The number of halogens is 3. The fourth-order valence-electron chi connectivity index (χ4n) is 8.63. The molecule has 4 fully saturated rings. The molecular formula is C41H53F3N6O8S. The minimum atomic E-state index is -4.06. The smallest absolute Gasteiger partial charge is 0.318 e. The lowest BCUT2D eigenvalue weighted by Gasteiger charge is -2.37. The number of piperidine rings is 1. The maximum Gasteiger partial charge on any atom is 0.318 e. The van der Waals surface area contributed by atoms with Crippen LogP contribution in [0.1, 0.15) is 85.0 Å². The van der Waals surface area contributed by atoms with Crippen LogP contribution in [0.25, 0.3) is 10.8 Å². The third-order valence-corrected chi connectivity index (χ3v) is 15.1. The monoisotopic (exact) mass is 846 g/mol. The summed E-state index contributed by atoms with van der Waals surface area (Å²) in [5, 5.41) is 6.59. The van der Waals surface area contributed by atoms with Crippen LogP contribution in [0, 0.1) is 23.6 Å². The van der Waals surface area contributed by atoms with E-state index in [-0.39, 0.29) is 50.0 Å². The summed E-state index contributed by atoms with van der Waals surface area (Å²) >= 11 is 0. The number of allylic oxidation sites excluding steroid dienone is 1. The predicted molar refractivity (Wildman–Crippen MR) is 210 cm³/mol. The fraction of sp³-hybridized carbons (Fsp3) is 0.634. The largest absolute Gasteiger partial charge is 0.494 e. The number of benzene rings is 1. The Hall–Kier alpha value is -4.61. The second kappa shape index (κ2) is 16.1. The summed E-state index contributed by atoms with van der Waals surface area (Å²) < 4.78 is 82.2. The zero-order valence-corrected chi connectivity index (χ0v) is 34.6. The number of fused-ring (bicyclic) bond motifs is 3. The Kier molecular flexibility index (Phi) is 11.6. The molecule has 59 heavy (non-hydrogen) atoms. The van der Waals surface area contributed by atoms with Gasteiger partial charge in [0.25, 0.3) is 11.8 Å². The molecule has 1 aromatic heterocycles. The van der Waals surface area contributed by atoms with Crippen molar-refractivity contribution in [3.05, 3.63) is 42.4 Å². The summed E-state index contributed by atoms with van der Waals surface area (Å²) in [7, 11) is -2.72. The number of nitrogens with zero attached hydrogens (tertiary/aromatic N) is 3. The van der Waals surface area contributed by atoms with Crippen LogP contribution in [0.2, 0.25) is 0 Å². The summed E-state index contributed by atoms with van der Waals surface area (Å²) in [6.45, 7) is 4.91. The third kappa shape index (κ3) is 8.69. The van der Waals surface area contributed by atoms with E-state index in [1.165, 1.54) is 35.2 Å². The number of likely N-dealkylation sites (tertiary alicyclic amines) is 1. The second-order valence-electron chi connectivity index (χ2n) is 17.2. The number of urea groups is 1. The summed E-state index contributed by atoms with van der Waals surface area (Å²) in [5.74, 6) is -6.57. The van der Waals surface area contributed by atoms with Crippen molar-refractivity contribution in [2.24, 2.45) is 17.8 Å². The maximum atomic E-state index is 15.0. The Labute approximate surface area is 342 Å². The van der Waals surface area contributed by atoms with E-state index in [9.17, 15) is 36.0 Å². The number of rotatable bonds is 8. The van der Waals surface area contributed by atoms with Crippen LogP contribution in [0.3, 0.4) is 0 Å². The topological polar surface area (TPSA) is 176 Å². The molecular weight excluding hydrogens is 794 g/mol. The van der Waals surface area contributed by atoms with Crippen molar-refractivity contribution in [1.82, 2.24) is 30.1 Å². The van der Waals surface area contributed by atoms with E-state index in [4.69, 9.17) is 9.47 Å². The first-order valence-corrected chi connectivity index (χ1v) is 22.0. The molecule has 2 aromatic rings. The van der Waals surface area contributed by atoms with Gasteiger partial charge in [0.2, 0.25) is 27.7 Å². The maximum absolute atomic E-state index is 15.0. The first-order chi connectivity index (χ1) is 27.9. The number of nitrogens with one attached hydrogen (secondary N) is 3. The molecule has 2 saturated carbocycles. The average molecular weight is 847 g/mol. The predicted octanol–water partition coefficient (Wildman–Crippen LogP) is 4.82. The van der Waals surface area contributed by atoms with Crippen LogP contribution in [0.4, 0.5) is 18.0 Å². The highest BCUT2D eigenvalue weighted by atomic mass is 32.2. The van der Waals surface area contributed by atoms with Gasteiger partial charge in [-0.25, -0.2) is 31.4 Å². The molecule has 322 valence electrons. The Balaban J connectivity index is 1.23. The Morgan fingerprint density at radius 1 is 1.10 bits per heavy atom. The van der Waals surface area contributed by atoms with E-state index in [1.807, 2.05) is 26.0 Å². The van der Waals surface area contributed by atoms with Gasteiger partial charge < -0.3 is 29.9 Å². The van der Waals surface area contributed by atoms with Crippen LogP contribution in [0.15, 0.2) is 36.5 Å². The minimum absolute atomic E-state index is 0.0139. The lowest BCUT2D eigenvalue weighted by molar-refractivity contribution is -0.142. The molecule has 5 aliphatic rings. The molecule has 2 saturated heterocycles. The zero-order chi connectivity index (χ0) is 42.5. The number of hydrogen-bond donors (Lipinski definition) is 3. The van der Waals surface area contributed by atoms with Crippen molar-refractivity contribution >= 4 is 44.5 Å². The molecule has 0 spiro atoms. The van der Waals surface area contributed by atoms with Gasteiger partial charge in [-0.1, -0.05) is 32.4 Å². The molecule has 4 heterocycles. The number of alkyl halides is 2. The molecule has 18 heteroatoms. The van der Waals surface area contributed by atoms with Crippen molar-refractivity contribution in [3.63, 3.8) is 0 Å². The van der Waals surface area contributed by atoms with Gasteiger partial charge in [0.1, 0.15) is 23.7 Å². The summed E-state index contributed by atoms with van der Waals surface area (Å²) in [6.07, 6.45) is 6.40. The van der Waals surface area contributed by atoms with Gasteiger partial charge in [-0.3, -0.25) is 19.1 Å². The van der Waals surface area contributed by atoms with Gasteiger partial charge in [0.15, 0.2) is 11.6 Å². The molecule has 7 atom stereocenters. The molecule has 3 N–H and O–H groups in total. The molecule has 7 unspecified atom stereocenters. The van der Waals surface area contributed by atoms with E-state index < -0.39 is 98.7 Å². The van der Waals surface area contributed by atoms with Gasteiger partial charge in [0, 0.05) is 49.9 Å². The normalized spacial score (nSPS) is 30.6. The van der Waals surface area contributed by atoms with Crippen molar-refractivity contribution in [2.75, 3.05) is 26.7 Å². The van der Waals surface area contributed by atoms with Crippen LogP contribution in [-0.4, -0.2) is 108 Å². The van der Waals surface area contributed by atoms with E-state index in [0.29, 0.717) is 49.3 Å². The number of amides is 5. The fourth-order valence-corrected chi connectivity index (χ4v) is 9.94. The molecule has 14 nitrogen and oxygen atoms in total. The van der Waals surface area contributed by atoms with Crippen molar-refractivity contribution in [2.45, 2.75) is 119 Å². The molecule has 1 aromatic carbocycles. The number of ether oxygens (including phenoxy) is 2. The standard InChI is InChI=1S/C41H53F3N6O8S/c1-5-25-18-24(2)8-6-7-9-27-22-41(27,37(53)48-59(55,56)39(3)11-12-39)47-34(51)31-20-28(58-35-29-21-30(42)32(57-4)19-26(29)10-15-45-35)23-50(31)36(52)33(25)46-38(54)49-16-13-40(43,44)14-17-49/h7,9-10,15,19,21,24-25,27-28,31,33H,5-6,8,11-14,16-18,20,22-23H2,1-4H3,(H,46,54)(H,47,51)(H,48,53). The zero-order valence-electron chi connectivity index (χ0n) is 33.8. The number of carbonyl (C=O) groups excluding carboxylic acids is 4. The van der Waals surface area contributed by atoms with Gasteiger partial charge in [-0.2, -0.15) is 0 Å². The SMILES string of the molecule is CCC1CC(C)CCC=CC2CC2(C(=O)NS(=O)(=O)C2(C)CC2)NC(=O)C2CC(Oc3nccc4cc(OC)c(F)cc34)CN2C(=O)C1NC(=O)N1CCC(F)(F)CC1. The van der Waals surface area contributed by atoms with Crippen LogP contribution in [-0.2, 0) is 24.4 Å². The third-order valence-electron chi connectivity index (χ3n) is 12.9. The van der Waals surface area contributed by atoms with Gasteiger partial charge in [0.05, 0.1) is 18.4 Å². The highest BCUT2D eigenvalue weighted by Crippen LogP contribution is 2.48. The van der Waals surface area contributed by atoms with Crippen LogP contribution in [0.5, 0.6) is 11.6 Å². The number of pyridine rings is 1. The molecule has 0 bridgehead atoms. The van der Waals surface area contributed by atoms with Gasteiger partial charge >= 0.3 is 6.03 Å². The van der Waals surface area contributed by atoms with Crippen molar-refractivity contribution in [1.29, 1.82) is 0 Å². The molecule has 7 rings (SSSR count). The van der Waals surface area contributed by atoms with E-state index in [1.54, 1.807) is 13.0 Å². The lowest BCUT2D eigenvalue weighted by Crippen LogP contribution is -2.60. The Morgan fingerprint density at radius 3 is 2.51 bits per heavy atom. The summed E-state index contributed by atoms with van der Waals surface area (Å²) in [6, 6.07) is 1.26. The van der Waals surface area contributed by atoms with E-state index in [0.717, 1.165) is 0 Å². The minimum Gasteiger partial charge on any atom is -0.494 e. The molecule has 0 radical (unpaired) electrons. The quantitative estimate of drug-likeness (QED) is 0.315. The second-order valence-corrected chi connectivity index (χ2v) is 19.4. The van der Waals surface area contributed by atoms with Crippen LogP contribution < -0.4 is 24.8 Å². The number of carbonyl (C=O) groups is 4. The molecule has 5 amide bonds. The van der Waals surface area contributed by atoms with Gasteiger partial charge in [-0.05, 0) is 80.9 Å². The van der Waals surface area contributed by atoms with E-state index in [2.05, 4.69) is 20.3 Å². The van der Waals surface area contributed by atoms with Crippen molar-refractivity contribution in [3.8, 4) is 11.6 Å². The lowest BCUT2D eigenvalue weighted by atomic mass is 9.85. The Bertz CT molecular complexity index is 2130. The highest BCUT2D eigenvalue weighted by molar-refractivity contribution is 7.91. The number of methoxy groups -OCH3 is 1. The highest BCUT2D eigenvalue weighted by Gasteiger charge is 2.63. The Morgan fingerprint density at radius 2 is 1.83 bits per heavy atom. The first-order valence-electron chi connectivity index (χ1n) is 20.5.